The van der Waals surface area contributed by atoms with Gasteiger partial charge in [-0.1, -0.05) is 0 Å². The molecular weight excluding hydrogens is 300 g/mol. The van der Waals surface area contributed by atoms with Crippen LogP contribution in [0.5, 0.6) is 0 Å². The van der Waals surface area contributed by atoms with Gasteiger partial charge in [0.1, 0.15) is 17.6 Å². The zero-order valence-electron chi connectivity index (χ0n) is 11.6. The van der Waals surface area contributed by atoms with Crippen LogP contribution in [-0.4, -0.2) is 44.1 Å². The van der Waals surface area contributed by atoms with Crippen LogP contribution in [0.25, 0.3) is 0 Å². The highest BCUT2D eigenvalue weighted by Crippen LogP contribution is 2.34. The summed E-state index contributed by atoms with van der Waals surface area (Å²) in [4.78, 5) is 26.2. The summed E-state index contributed by atoms with van der Waals surface area (Å²) in [5.41, 5.74) is 0. The highest BCUT2D eigenvalue weighted by atomic mass is 35.5. The lowest BCUT2D eigenvalue weighted by molar-refractivity contribution is -0.525. The molecule has 1 heterocycles. The van der Waals surface area contributed by atoms with Crippen LogP contribution >= 0.6 is 11.6 Å². The van der Waals surface area contributed by atoms with Crippen LogP contribution < -0.4 is 0 Å². The number of nitro groups is 1. The predicted octanol–water partition coefficient (Wildman–Crippen LogP) is 1.43. The van der Waals surface area contributed by atoms with E-state index in [1.165, 1.54) is 0 Å². The Balaban J connectivity index is 2.01. The van der Waals surface area contributed by atoms with E-state index in [1.807, 2.05) is 0 Å². The average Bonchev–Trinajstić information content (AvgIpc) is 2.87. The fraction of sp³-hybridized carbons (Fsp3) is 0.750. The van der Waals surface area contributed by atoms with Gasteiger partial charge in [0.15, 0.2) is 5.82 Å². The first-order valence-corrected chi connectivity index (χ1v) is 7.29. The third kappa shape index (κ3) is 3.90. The third-order valence-corrected chi connectivity index (χ3v) is 4.05. The largest absolute Gasteiger partial charge is 0.466 e. The number of halogens is 1. The van der Waals surface area contributed by atoms with Crippen molar-refractivity contribution in [1.82, 2.24) is 15.2 Å². The van der Waals surface area contributed by atoms with Crippen molar-refractivity contribution in [3.63, 3.8) is 0 Å². The first-order valence-electron chi connectivity index (χ1n) is 6.85. The molecule has 3 atom stereocenters. The number of esters is 1. The Labute approximate surface area is 126 Å². The molecule has 0 saturated heterocycles. The molecule has 9 heteroatoms. The number of aromatic nitrogens is 3. The van der Waals surface area contributed by atoms with Gasteiger partial charge in [-0.3, -0.25) is 20.0 Å². The van der Waals surface area contributed by atoms with Gasteiger partial charge in [-0.2, -0.15) is 5.10 Å². The number of carbonyl (C=O) groups is 1. The Morgan fingerprint density at radius 3 is 3.00 bits per heavy atom. The van der Waals surface area contributed by atoms with Crippen molar-refractivity contribution in [2.24, 2.45) is 0 Å². The summed E-state index contributed by atoms with van der Waals surface area (Å²) in [6.45, 7) is 2.04. The molecule has 1 aromatic rings. The SMILES string of the molecule is CCOC(=O)Cc1nc(C2CCC(Cl)C([N+](=O)[O-])C2)n[nH]1. The minimum Gasteiger partial charge on any atom is -0.466 e. The smallest absolute Gasteiger partial charge is 0.313 e. The summed E-state index contributed by atoms with van der Waals surface area (Å²) < 4.78 is 4.83. The molecule has 1 aliphatic carbocycles. The number of H-pyrrole nitrogens is 1. The Hall–Kier alpha value is -1.70. The number of ether oxygens (including phenoxy) is 1. The summed E-state index contributed by atoms with van der Waals surface area (Å²) in [7, 11) is 0. The van der Waals surface area contributed by atoms with Gasteiger partial charge in [0.2, 0.25) is 6.04 Å². The van der Waals surface area contributed by atoms with E-state index in [-0.39, 0.29) is 23.2 Å². The molecule has 0 amide bonds. The van der Waals surface area contributed by atoms with E-state index in [4.69, 9.17) is 16.3 Å². The van der Waals surface area contributed by atoms with Crippen molar-refractivity contribution in [3.05, 3.63) is 21.8 Å². The number of alkyl halides is 1. The number of nitrogens with zero attached hydrogens (tertiary/aromatic N) is 3. The van der Waals surface area contributed by atoms with Crippen molar-refractivity contribution in [2.45, 2.75) is 49.9 Å². The lowest BCUT2D eigenvalue weighted by Crippen LogP contribution is -2.36. The number of aromatic amines is 1. The Bertz CT molecular complexity index is 521. The minimum atomic E-state index is -0.780. The molecule has 0 aliphatic heterocycles. The third-order valence-electron chi connectivity index (χ3n) is 3.54. The molecule has 1 saturated carbocycles. The van der Waals surface area contributed by atoms with Crippen molar-refractivity contribution in [2.75, 3.05) is 6.61 Å². The number of carbonyl (C=O) groups excluding carboxylic acids is 1. The van der Waals surface area contributed by atoms with Gasteiger partial charge in [0.25, 0.3) is 0 Å². The van der Waals surface area contributed by atoms with Crippen LogP contribution in [-0.2, 0) is 16.0 Å². The summed E-state index contributed by atoms with van der Waals surface area (Å²) in [6, 6.07) is -0.780. The zero-order valence-corrected chi connectivity index (χ0v) is 12.4. The fourth-order valence-corrected chi connectivity index (χ4v) is 2.80. The molecule has 0 bridgehead atoms. The Morgan fingerprint density at radius 2 is 2.33 bits per heavy atom. The van der Waals surface area contributed by atoms with Gasteiger partial charge in [0, 0.05) is 17.3 Å². The molecule has 0 spiro atoms. The lowest BCUT2D eigenvalue weighted by atomic mass is 9.85. The van der Waals surface area contributed by atoms with E-state index in [0.717, 1.165) is 0 Å². The first kappa shape index (κ1) is 15.7. The second-order valence-corrected chi connectivity index (χ2v) is 5.56. The van der Waals surface area contributed by atoms with Gasteiger partial charge < -0.3 is 4.74 Å². The normalized spacial score (nSPS) is 25.5. The van der Waals surface area contributed by atoms with Crippen LogP contribution in [0.15, 0.2) is 0 Å². The molecular formula is C12H17ClN4O4. The van der Waals surface area contributed by atoms with Gasteiger partial charge in [0.05, 0.1) is 6.61 Å². The van der Waals surface area contributed by atoms with E-state index >= 15 is 0 Å². The second kappa shape index (κ2) is 6.84. The van der Waals surface area contributed by atoms with Crippen molar-refractivity contribution in [3.8, 4) is 0 Å². The molecule has 3 unspecified atom stereocenters. The van der Waals surface area contributed by atoms with Crippen molar-refractivity contribution < 1.29 is 14.5 Å². The quantitative estimate of drug-likeness (QED) is 0.381. The van der Waals surface area contributed by atoms with Crippen LogP contribution in [0.4, 0.5) is 0 Å². The molecule has 1 N–H and O–H groups in total. The zero-order chi connectivity index (χ0) is 15.4. The molecule has 0 aromatic carbocycles. The highest BCUT2D eigenvalue weighted by molar-refractivity contribution is 6.21. The molecule has 116 valence electrons. The van der Waals surface area contributed by atoms with E-state index < -0.39 is 11.4 Å². The molecule has 2 rings (SSSR count). The molecule has 8 nitrogen and oxygen atoms in total. The summed E-state index contributed by atoms with van der Waals surface area (Å²) in [5, 5.41) is 17.3. The maximum atomic E-state index is 11.4. The topological polar surface area (TPSA) is 111 Å². The fourth-order valence-electron chi connectivity index (χ4n) is 2.48. The molecule has 1 aliphatic rings. The van der Waals surface area contributed by atoms with Gasteiger partial charge >= 0.3 is 5.97 Å². The Morgan fingerprint density at radius 1 is 1.57 bits per heavy atom. The van der Waals surface area contributed by atoms with Gasteiger partial charge in [-0.05, 0) is 19.8 Å². The number of nitrogens with one attached hydrogen (secondary N) is 1. The summed E-state index contributed by atoms with van der Waals surface area (Å²) >= 11 is 5.99. The Kier molecular flexibility index (Phi) is 5.11. The van der Waals surface area contributed by atoms with Crippen molar-refractivity contribution in [1.29, 1.82) is 0 Å². The molecule has 1 aromatic heterocycles. The second-order valence-electron chi connectivity index (χ2n) is 5.00. The molecule has 1 fully saturated rings. The maximum Gasteiger partial charge on any atom is 0.313 e. The maximum absolute atomic E-state index is 11.4. The van der Waals surface area contributed by atoms with Crippen LogP contribution in [0.3, 0.4) is 0 Å². The van der Waals surface area contributed by atoms with Crippen LogP contribution in [0, 0.1) is 10.1 Å². The minimum absolute atomic E-state index is 0.0182. The lowest BCUT2D eigenvalue weighted by Gasteiger charge is -2.25. The van der Waals surface area contributed by atoms with E-state index in [9.17, 15) is 14.9 Å². The van der Waals surface area contributed by atoms with E-state index in [2.05, 4.69) is 15.2 Å². The average molecular weight is 317 g/mol. The standard InChI is InChI=1S/C12H17ClN4O4/c1-2-21-11(18)6-10-14-12(16-15-10)7-3-4-8(13)9(5-7)17(19)20/h7-9H,2-6H2,1H3,(H,14,15,16). The van der Waals surface area contributed by atoms with Gasteiger partial charge in [-0.15, -0.1) is 11.6 Å². The predicted molar refractivity (Wildman–Crippen MR) is 73.7 cm³/mol. The van der Waals surface area contributed by atoms with Crippen LogP contribution in [0.1, 0.15) is 43.8 Å². The number of hydrogen-bond donors (Lipinski definition) is 1. The molecule has 0 radical (unpaired) electrons. The molecule has 21 heavy (non-hydrogen) atoms. The summed E-state index contributed by atoms with van der Waals surface area (Å²) in [6.07, 6.45) is 1.59. The van der Waals surface area contributed by atoms with Gasteiger partial charge in [-0.25, -0.2) is 4.98 Å². The van der Waals surface area contributed by atoms with Crippen molar-refractivity contribution >= 4 is 17.6 Å². The monoisotopic (exact) mass is 316 g/mol. The van der Waals surface area contributed by atoms with E-state index in [0.29, 0.717) is 37.5 Å². The number of rotatable bonds is 5. The summed E-state index contributed by atoms with van der Waals surface area (Å²) in [5.74, 6) is 0.425. The first-order chi connectivity index (χ1) is 10.0. The van der Waals surface area contributed by atoms with E-state index in [1.54, 1.807) is 6.92 Å². The highest BCUT2D eigenvalue weighted by Gasteiger charge is 2.39. The number of hydrogen-bond acceptors (Lipinski definition) is 6. The van der Waals surface area contributed by atoms with Crippen LogP contribution in [0.2, 0.25) is 0 Å².